The second kappa shape index (κ2) is 9.61. The molecular weight excluding hydrogens is 507 g/mol. The predicted molar refractivity (Wildman–Crippen MR) is 149 cm³/mol. The molecule has 37 heavy (non-hydrogen) atoms. The minimum absolute atomic E-state index is 0.212. The average molecular weight is 533 g/mol. The van der Waals surface area contributed by atoms with Crippen LogP contribution in [-0.2, 0) is 14.1 Å². The molecule has 0 N–H and O–H groups in total. The van der Waals surface area contributed by atoms with E-state index in [9.17, 15) is 9.59 Å². The summed E-state index contributed by atoms with van der Waals surface area (Å²) in [6.07, 6.45) is 0. The van der Waals surface area contributed by atoms with Crippen molar-refractivity contribution in [3.8, 4) is 11.4 Å². The SMILES string of the molecule is Cc1c(C(c2ccc(Cl)cc2Cl)c2c(C)n(C)n(-c3ccccc3)c2=O)c(=O)n(-c2ccccc2)n1C. The number of aromatic nitrogens is 4. The molecule has 0 bridgehead atoms. The minimum atomic E-state index is -0.711. The first-order chi connectivity index (χ1) is 17.7. The van der Waals surface area contributed by atoms with Crippen LogP contribution in [0.3, 0.4) is 0 Å². The largest absolute Gasteiger partial charge is 0.285 e. The fourth-order valence-corrected chi connectivity index (χ4v) is 5.55. The number of halogens is 2. The highest BCUT2D eigenvalue weighted by molar-refractivity contribution is 6.35. The summed E-state index contributed by atoms with van der Waals surface area (Å²) in [5.74, 6) is -0.711. The van der Waals surface area contributed by atoms with Gasteiger partial charge in [-0.1, -0.05) is 65.7 Å². The van der Waals surface area contributed by atoms with E-state index in [1.807, 2.05) is 98.0 Å². The molecule has 0 unspecified atom stereocenters. The molecular formula is C29H26Cl2N4O2. The fourth-order valence-electron chi connectivity index (χ4n) is 5.03. The zero-order valence-corrected chi connectivity index (χ0v) is 22.5. The van der Waals surface area contributed by atoms with Crippen LogP contribution in [0.25, 0.3) is 11.4 Å². The van der Waals surface area contributed by atoms with Crippen molar-refractivity contribution in [3.63, 3.8) is 0 Å². The fraction of sp³-hybridized carbons (Fsp3) is 0.172. The van der Waals surface area contributed by atoms with E-state index in [1.54, 1.807) is 27.6 Å². The third kappa shape index (κ3) is 4.06. The van der Waals surface area contributed by atoms with Gasteiger partial charge in [0.2, 0.25) is 0 Å². The van der Waals surface area contributed by atoms with E-state index in [2.05, 4.69) is 0 Å². The predicted octanol–water partition coefficient (Wildman–Crippen LogP) is 5.77. The average Bonchev–Trinajstić information content (AvgIpc) is 3.24. The Balaban J connectivity index is 1.87. The third-order valence-electron chi connectivity index (χ3n) is 7.05. The Hall–Kier alpha value is -3.74. The van der Waals surface area contributed by atoms with Crippen molar-refractivity contribution in [1.82, 2.24) is 18.7 Å². The molecule has 0 atom stereocenters. The van der Waals surface area contributed by atoms with Crippen molar-refractivity contribution in [3.05, 3.63) is 138 Å². The van der Waals surface area contributed by atoms with Gasteiger partial charge in [0.15, 0.2) is 0 Å². The zero-order valence-electron chi connectivity index (χ0n) is 20.9. The Kier molecular flexibility index (Phi) is 6.48. The molecule has 2 aromatic heterocycles. The molecule has 6 nitrogen and oxygen atoms in total. The van der Waals surface area contributed by atoms with Crippen LogP contribution in [0.1, 0.15) is 34.0 Å². The quantitative estimate of drug-likeness (QED) is 0.288. The van der Waals surface area contributed by atoms with Gasteiger partial charge in [0.05, 0.1) is 28.4 Å². The standard InChI is InChI=1S/C29H26Cl2N4O2/c1-18-25(28(36)34(32(18)3)21-11-7-5-8-12-21)27(23-16-15-20(30)17-24(23)31)26-19(2)33(4)35(29(26)37)22-13-9-6-10-14-22/h5-17,27H,1-4H3. The maximum atomic E-state index is 14.1. The molecule has 5 aromatic rings. The smallest absolute Gasteiger partial charge is 0.275 e. The summed E-state index contributed by atoms with van der Waals surface area (Å²) < 4.78 is 6.88. The Bertz CT molecular complexity index is 1620. The summed E-state index contributed by atoms with van der Waals surface area (Å²) in [6.45, 7) is 3.78. The van der Waals surface area contributed by atoms with Crippen LogP contribution in [0.15, 0.2) is 88.5 Å². The summed E-state index contributed by atoms with van der Waals surface area (Å²) in [6, 6.07) is 24.1. The van der Waals surface area contributed by atoms with Crippen molar-refractivity contribution < 1.29 is 0 Å². The number of para-hydroxylation sites is 2. The lowest BCUT2D eigenvalue weighted by molar-refractivity contribution is 0.630. The van der Waals surface area contributed by atoms with E-state index in [0.717, 1.165) is 22.8 Å². The maximum absolute atomic E-state index is 14.1. The van der Waals surface area contributed by atoms with Crippen LogP contribution in [0, 0.1) is 13.8 Å². The Morgan fingerprint density at radius 2 is 1.08 bits per heavy atom. The van der Waals surface area contributed by atoms with Crippen molar-refractivity contribution >= 4 is 23.2 Å². The van der Waals surface area contributed by atoms with Gasteiger partial charge in [-0.05, 0) is 55.8 Å². The van der Waals surface area contributed by atoms with E-state index < -0.39 is 5.92 Å². The Morgan fingerprint density at radius 1 is 0.649 bits per heavy atom. The molecule has 0 aliphatic carbocycles. The number of hydrogen-bond acceptors (Lipinski definition) is 2. The van der Waals surface area contributed by atoms with Crippen LogP contribution in [-0.4, -0.2) is 18.7 Å². The second-order valence-corrected chi connectivity index (χ2v) is 9.89. The molecule has 3 aromatic carbocycles. The summed E-state index contributed by atoms with van der Waals surface area (Å²) in [5, 5.41) is 0.866. The topological polar surface area (TPSA) is 53.9 Å². The molecule has 0 saturated heterocycles. The van der Waals surface area contributed by atoms with E-state index in [1.165, 1.54) is 0 Å². The number of benzene rings is 3. The van der Waals surface area contributed by atoms with Gasteiger partial charge in [-0.2, -0.15) is 0 Å². The first-order valence-corrected chi connectivity index (χ1v) is 12.6. The molecule has 0 fully saturated rings. The second-order valence-electron chi connectivity index (χ2n) is 9.05. The molecule has 2 heterocycles. The molecule has 0 radical (unpaired) electrons. The molecule has 0 aliphatic rings. The van der Waals surface area contributed by atoms with Crippen LogP contribution >= 0.6 is 23.2 Å². The van der Waals surface area contributed by atoms with Gasteiger partial charge in [0, 0.05) is 35.5 Å². The number of rotatable bonds is 5. The van der Waals surface area contributed by atoms with E-state index in [-0.39, 0.29) is 11.1 Å². The van der Waals surface area contributed by atoms with Gasteiger partial charge in [-0.3, -0.25) is 19.0 Å². The molecule has 0 aliphatic heterocycles. The molecule has 8 heteroatoms. The first-order valence-electron chi connectivity index (χ1n) is 11.8. The maximum Gasteiger partial charge on any atom is 0.275 e. The summed E-state index contributed by atoms with van der Waals surface area (Å²) in [5.41, 5.74) is 4.13. The van der Waals surface area contributed by atoms with Crippen molar-refractivity contribution in [1.29, 1.82) is 0 Å². The van der Waals surface area contributed by atoms with Gasteiger partial charge in [-0.15, -0.1) is 0 Å². The molecule has 0 spiro atoms. The van der Waals surface area contributed by atoms with Crippen LogP contribution in [0.2, 0.25) is 10.0 Å². The van der Waals surface area contributed by atoms with Crippen molar-refractivity contribution in [2.45, 2.75) is 19.8 Å². The van der Waals surface area contributed by atoms with Crippen molar-refractivity contribution in [2.75, 3.05) is 0 Å². The Morgan fingerprint density at radius 3 is 1.49 bits per heavy atom. The zero-order chi connectivity index (χ0) is 26.4. The summed E-state index contributed by atoms with van der Waals surface area (Å²) in [4.78, 5) is 28.2. The molecule has 5 rings (SSSR count). The summed E-state index contributed by atoms with van der Waals surface area (Å²) in [7, 11) is 3.68. The van der Waals surface area contributed by atoms with Gasteiger partial charge in [0.1, 0.15) is 0 Å². The molecule has 0 amide bonds. The monoisotopic (exact) mass is 532 g/mol. The third-order valence-corrected chi connectivity index (χ3v) is 7.61. The van der Waals surface area contributed by atoms with E-state index in [4.69, 9.17) is 23.2 Å². The minimum Gasteiger partial charge on any atom is -0.285 e. The van der Waals surface area contributed by atoms with Gasteiger partial charge in [-0.25, -0.2) is 9.36 Å². The highest BCUT2D eigenvalue weighted by Crippen LogP contribution is 2.38. The lowest BCUT2D eigenvalue weighted by atomic mass is 9.85. The molecule has 188 valence electrons. The highest BCUT2D eigenvalue weighted by Gasteiger charge is 2.34. The van der Waals surface area contributed by atoms with Crippen LogP contribution < -0.4 is 11.1 Å². The number of hydrogen-bond donors (Lipinski definition) is 0. The van der Waals surface area contributed by atoms with E-state index in [0.29, 0.717) is 26.7 Å². The highest BCUT2D eigenvalue weighted by atomic mass is 35.5. The van der Waals surface area contributed by atoms with Gasteiger partial charge < -0.3 is 0 Å². The van der Waals surface area contributed by atoms with Crippen LogP contribution in [0.5, 0.6) is 0 Å². The number of nitrogens with zero attached hydrogens (tertiary/aromatic N) is 4. The summed E-state index contributed by atoms with van der Waals surface area (Å²) >= 11 is 13.0. The lowest BCUT2D eigenvalue weighted by Gasteiger charge is -2.18. The first kappa shape index (κ1) is 24.9. The van der Waals surface area contributed by atoms with E-state index >= 15 is 0 Å². The van der Waals surface area contributed by atoms with Crippen LogP contribution in [0.4, 0.5) is 0 Å². The lowest BCUT2D eigenvalue weighted by Crippen LogP contribution is -2.26. The Labute approximate surface area is 224 Å². The molecule has 0 saturated carbocycles. The normalized spacial score (nSPS) is 11.4. The van der Waals surface area contributed by atoms with Gasteiger partial charge >= 0.3 is 0 Å². The van der Waals surface area contributed by atoms with Gasteiger partial charge in [0.25, 0.3) is 11.1 Å². The van der Waals surface area contributed by atoms with Crippen molar-refractivity contribution in [2.24, 2.45) is 14.1 Å².